The number of amides is 1. The zero-order chi connectivity index (χ0) is 16.8. The van der Waals surface area contributed by atoms with Gasteiger partial charge in [0.05, 0.1) is 26.4 Å². The van der Waals surface area contributed by atoms with E-state index in [0.29, 0.717) is 12.1 Å². The van der Waals surface area contributed by atoms with Gasteiger partial charge in [0.15, 0.2) is 0 Å². The van der Waals surface area contributed by atoms with Crippen LogP contribution in [-0.4, -0.2) is 50.8 Å². The molecule has 0 radical (unpaired) electrons. The van der Waals surface area contributed by atoms with Crippen LogP contribution < -0.4 is 10.1 Å². The van der Waals surface area contributed by atoms with Gasteiger partial charge in [0.1, 0.15) is 5.75 Å². The summed E-state index contributed by atoms with van der Waals surface area (Å²) in [5.74, 6) is 0.683. The molecule has 1 atom stereocenters. The Morgan fingerprint density at radius 2 is 2.04 bits per heavy atom. The molecule has 5 nitrogen and oxygen atoms in total. The summed E-state index contributed by atoms with van der Waals surface area (Å²) in [5.41, 5.74) is 1.89. The van der Waals surface area contributed by atoms with E-state index in [1.54, 1.807) is 42.7 Å². The zero-order valence-corrected chi connectivity index (χ0v) is 14.6. The number of ether oxygens (including phenoxy) is 2. The van der Waals surface area contributed by atoms with Crippen LogP contribution >= 0.6 is 11.3 Å². The van der Waals surface area contributed by atoms with E-state index >= 15 is 0 Å². The number of rotatable bonds is 6. The summed E-state index contributed by atoms with van der Waals surface area (Å²) < 4.78 is 10.6. The van der Waals surface area contributed by atoms with E-state index < -0.39 is 0 Å². The summed E-state index contributed by atoms with van der Waals surface area (Å²) in [4.78, 5) is 14.8. The van der Waals surface area contributed by atoms with Crippen LogP contribution in [-0.2, 0) is 4.74 Å². The van der Waals surface area contributed by atoms with Gasteiger partial charge in [0.2, 0.25) is 0 Å². The van der Waals surface area contributed by atoms with E-state index in [1.165, 1.54) is 5.56 Å². The molecule has 1 aromatic carbocycles. The SMILES string of the molecule is COc1ccc(C(=O)NC[C@@H](c2ccsc2)N2CCOCC2)cc1. The highest BCUT2D eigenvalue weighted by Crippen LogP contribution is 2.23. The highest BCUT2D eigenvalue weighted by molar-refractivity contribution is 7.07. The Bertz CT molecular complexity index is 637. The molecule has 0 bridgehead atoms. The molecule has 6 heteroatoms. The molecule has 1 aliphatic rings. The third-order valence-corrected chi connectivity index (χ3v) is 4.92. The Morgan fingerprint density at radius 1 is 1.29 bits per heavy atom. The second-order valence-corrected chi connectivity index (χ2v) is 6.44. The molecule has 2 heterocycles. The van der Waals surface area contributed by atoms with Gasteiger partial charge in [-0.2, -0.15) is 11.3 Å². The van der Waals surface area contributed by atoms with Gasteiger partial charge in [-0.25, -0.2) is 0 Å². The van der Waals surface area contributed by atoms with Gasteiger partial charge in [-0.15, -0.1) is 0 Å². The minimum atomic E-state index is -0.0638. The molecule has 1 aliphatic heterocycles. The highest BCUT2D eigenvalue weighted by atomic mass is 32.1. The molecule has 128 valence electrons. The van der Waals surface area contributed by atoms with E-state index in [0.717, 1.165) is 32.1 Å². The quantitative estimate of drug-likeness (QED) is 0.873. The summed E-state index contributed by atoms with van der Waals surface area (Å²) in [6.45, 7) is 3.85. The molecule has 0 aliphatic carbocycles. The van der Waals surface area contributed by atoms with Gasteiger partial charge >= 0.3 is 0 Å². The smallest absolute Gasteiger partial charge is 0.251 e. The van der Waals surface area contributed by atoms with Crippen molar-refractivity contribution in [3.63, 3.8) is 0 Å². The number of carbonyl (C=O) groups excluding carboxylic acids is 1. The minimum Gasteiger partial charge on any atom is -0.497 e. The van der Waals surface area contributed by atoms with Crippen molar-refractivity contribution in [2.24, 2.45) is 0 Å². The molecule has 1 amide bonds. The third-order valence-electron chi connectivity index (χ3n) is 4.22. The predicted molar refractivity (Wildman–Crippen MR) is 94.8 cm³/mol. The van der Waals surface area contributed by atoms with Crippen molar-refractivity contribution in [2.45, 2.75) is 6.04 Å². The van der Waals surface area contributed by atoms with Gasteiger partial charge in [-0.1, -0.05) is 0 Å². The Balaban J connectivity index is 1.65. The summed E-state index contributed by atoms with van der Waals surface area (Å²) in [7, 11) is 1.61. The predicted octanol–water partition coefficient (Wildman–Crippen LogP) is 2.56. The maximum atomic E-state index is 12.4. The molecule has 1 aromatic heterocycles. The highest BCUT2D eigenvalue weighted by Gasteiger charge is 2.23. The number of carbonyl (C=O) groups is 1. The first-order chi connectivity index (χ1) is 11.8. The second-order valence-electron chi connectivity index (χ2n) is 5.66. The maximum absolute atomic E-state index is 12.4. The van der Waals surface area contributed by atoms with Crippen LogP contribution in [0.2, 0.25) is 0 Å². The van der Waals surface area contributed by atoms with Crippen molar-refractivity contribution >= 4 is 17.2 Å². The van der Waals surface area contributed by atoms with Gasteiger partial charge in [0, 0.05) is 25.2 Å². The first-order valence-electron chi connectivity index (χ1n) is 8.04. The van der Waals surface area contributed by atoms with Crippen molar-refractivity contribution in [3.05, 3.63) is 52.2 Å². The largest absolute Gasteiger partial charge is 0.497 e. The molecule has 24 heavy (non-hydrogen) atoms. The van der Waals surface area contributed by atoms with Crippen LogP contribution in [0.4, 0.5) is 0 Å². The number of methoxy groups -OCH3 is 1. The fourth-order valence-corrected chi connectivity index (χ4v) is 3.55. The van der Waals surface area contributed by atoms with Crippen LogP contribution in [0.1, 0.15) is 22.0 Å². The summed E-state index contributed by atoms with van der Waals surface area (Å²) in [6, 6.07) is 9.47. The van der Waals surface area contributed by atoms with Crippen LogP contribution in [0.3, 0.4) is 0 Å². The fourth-order valence-electron chi connectivity index (χ4n) is 2.85. The molecule has 1 N–H and O–H groups in total. The Hall–Kier alpha value is -1.89. The standard InChI is InChI=1S/C18H22N2O3S/c1-22-16-4-2-14(3-5-16)18(21)19-12-17(15-6-11-24-13-15)20-7-9-23-10-8-20/h2-6,11,13,17H,7-10,12H2,1H3,(H,19,21)/t17-/m0/s1. The van der Waals surface area contributed by atoms with Crippen LogP contribution in [0.5, 0.6) is 5.75 Å². The molecule has 1 fully saturated rings. The molecule has 0 unspecified atom stereocenters. The van der Waals surface area contributed by atoms with E-state index in [1.807, 2.05) is 0 Å². The average molecular weight is 346 g/mol. The number of benzene rings is 1. The van der Waals surface area contributed by atoms with Crippen LogP contribution in [0.25, 0.3) is 0 Å². The first-order valence-corrected chi connectivity index (χ1v) is 8.98. The number of hydrogen-bond donors (Lipinski definition) is 1. The van der Waals surface area contributed by atoms with Gasteiger partial charge in [0.25, 0.3) is 5.91 Å². The fraction of sp³-hybridized carbons (Fsp3) is 0.389. The number of hydrogen-bond acceptors (Lipinski definition) is 5. The lowest BCUT2D eigenvalue weighted by Gasteiger charge is -2.34. The first kappa shape index (κ1) is 17.0. The summed E-state index contributed by atoms with van der Waals surface area (Å²) in [6.07, 6.45) is 0. The lowest BCUT2D eigenvalue weighted by Crippen LogP contribution is -2.43. The summed E-state index contributed by atoms with van der Waals surface area (Å²) in [5, 5.41) is 7.29. The Labute approximate surface area is 146 Å². The van der Waals surface area contributed by atoms with Crippen LogP contribution in [0.15, 0.2) is 41.1 Å². The molecule has 0 saturated carbocycles. The van der Waals surface area contributed by atoms with E-state index in [9.17, 15) is 4.79 Å². The topological polar surface area (TPSA) is 50.8 Å². The normalized spacial score (nSPS) is 16.5. The van der Waals surface area contributed by atoms with Crippen molar-refractivity contribution in [1.82, 2.24) is 10.2 Å². The van der Waals surface area contributed by atoms with E-state index in [2.05, 4.69) is 27.0 Å². The van der Waals surface area contributed by atoms with Crippen LogP contribution in [0, 0.1) is 0 Å². The van der Waals surface area contributed by atoms with Gasteiger partial charge in [-0.05, 0) is 46.7 Å². The molecule has 3 rings (SSSR count). The van der Waals surface area contributed by atoms with Gasteiger partial charge < -0.3 is 14.8 Å². The Kier molecular flexibility index (Phi) is 5.85. The lowest BCUT2D eigenvalue weighted by molar-refractivity contribution is 0.0163. The molecular weight excluding hydrogens is 324 g/mol. The second kappa shape index (κ2) is 8.28. The molecule has 2 aromatic rings. The minimum absolute atomic E-state index is 0.0638. The number of morpholine rings is 1. The van der Waals surface area contributed by atoms with Gasteiger partial charge in [-0.3, -0.25) is 9.69 Å². The number of nitrogens with one attached hydrogen (secondary N) is 1. The lowest BCUT2D eigenvalue weighted by atomic mass is 10.1. The molecule has 1 saturated heterocycles. The van der Waals surface area contributed by atoms with Crippen molar-refractivity contribution < 1.29 is 14.3 Å². The number of thiophene rings is 1. The van der Waals surface area contributed by atoms with E-state index in [-0.39, 0.29) is 11.9 Å². The average Bonchev–Trinajstić information content (AvgIpc) is 3.17. The molecular formula is C18H22N2O3S. The number of nitrogens with zero attached hydrogens (tertiary/aromatic N) is 1. The monoisotopic (exact) mass is 346 g/mol. The molecule has 0 spiro atoms. The maximum Gasteiger partial charge on any atom is 0.251 e. The van der Waals surface area contributed by atoms with Crippen molar-refractivity contribution in [2.75, 3.05) is 40.0 Å². The van der Waals surface area contributed by atoms with Crippen molar-refractivity contribution in [3.8, 4) is 5.75 Å². The Morgan fingerprint density at radius 3 is 2.67 bits per heavy atom. The third kappa shape index (κ3) is 4.14. The summed E-state index contributed by atoms with van der Waals surface area (Å²) >= 11 is 1.68. The zero-order valence-electron chi connectivity index (χ0n) is 13.7. The van der Waals surface area contributed by atoms with E-state index in [4.69, 9.17) is 9.47 Å². The van der Waals surface area contributed by atoms with Crippen molar-refractivity contribution in [1.29, 1.82) is 0 Å².